The van der Waals surface area contributed by atoms with E-state index in [4.69, 9.17) is 15.4 Å². The van der Waals surface area contributed by atoms with Crippen molar-refractivity contribution in [1.82, 2.24) is 5.32 Å². The lowest BCUT2D eigenvalue weighted by Crippen LogP contribution is -2.24. The first-order valence-corrected chi connectivity index (χ1v) is 8.58. The second-order valence-corrected chi connectivity index (χ2v) is 6.84. The first kappa shape index (κ1) is 16.9. The number of carbonyl (C=O) groups is 1. The van der Waals surface area contributed by atoms with Gasteiger partial charge in [-0.25, -0.2) is 8.42 Å². The van der Waals surface area contributed by atoms with E-state index in [1.807, 2.05) is 0 Å². The van der Waals surface area contributed by atoms with E-state index in [2.05, 4.69) is 5.32 Å². The highest BCUT2D eigenvalue weighted by atomic mass is 35.7. The van der Waals surface area contributed by atoms with Gasteiger partial charge in [-0.1, -0.05) is 0 Å². The molecule has 1 N–H and O–H groups in total. The van der Waals surface area contributed by atoms with Gasteiger partial charge in [-0.05, 0) is 43.5 Å². The number of hydrogen-bond acceptors (Lipinski definition) is 4. The van der Waals surface area contributed by atoms with E-state index >= 15 is 0 Å². The normalized spacial score (nSPS) is 11.3. The molecule has 0 bridgehead atoms. The molecule has 1 aromatic carbocycles. The highest BCUT2D eigenvalue weighted by Crippen LogP contribution is 2.15. The lowest BCUT2D eigenvalue weighted by molar-refractivity contribution is 0.0952. The molecule has 0 saturated carbocycles. The molecule has 0 aliphatic carbocycles. The third-order valence-electron chi connectivity index (χ3n) is 2.71. The van der Waals surface area contributed by atoms with Crippen molar-refractivity contribution in [3.05, 3.63) is 29.8 Å². The molecule has 20 heavy (non-hydrogen) atoms. The molecular formula is C13H18ClNO4S. The minimum Gasteiger partial charge on any atom is -0.385 e. The number of halogens is 1. The van der Waals surface area contributed by atoms with Crippen LogP contribution in [0.4, 0.5) is 0 Å². The van der Waals surface area contributed by atoms with Gasteiger partial charge in [-0.3, -0.25) is 4.79 Å². The van der Waals surface area contributed by atoms with Crippen molar-refractivity contribution in [3.63, 3.8) is 0 Å². The quantitative estimate of drug-likeness (QED) is 0.588. The van der Waals surface area contributed by atoms with Crippen LogP contribution in [-0.2, 0) is 13.8 Å². The van der Waals surface area contributed by atoms with E-state index in [0.29, 0.717) is 12.1 Å². The zero-order chi connectivity index (χ0) is 15.0. The topological polar surface area (TPSA) is 72.5 Å². The summed E-state index contributed by atoms with van der Waals surface area (Å²) in [5.41, 5.74) is 0.408. The number of methoxy groups -OCH3 is 1. The maximum Gasteiger partial charge on any atom is 0.261 e. The van der Waals surface area contributed by atoms with Gasteiger partial charge in [0, 0.05) is 36.5 Å². The lowest BCUT2D eigenvalue weighted by Gasteiger charge is -2.05. The van der Waals surface area contributed by atoms with E-state index in [1.54, 1.807) is 7.11 Å². The van der Waals surface area contributed by atoms with E-state index in [1.165, 1.54) is 24.3 Å². The monoisotopic (exact) mass is 319 g/mol. The van der Waals surface area contributed by atoms with Crippen molar-refractivity contribution in [2.45, 2.75) is 24.2 Å². The Morgan fingerprint density at radius 1 is 1.20 bits per heavy atom. The molecule has 0 fully saturated rings. The number of unbranched alkanes of at least 4 members (excludes halogenated alkanes) is 2. The van der Waals surface area contributed by atoms with Gasteiger partial charge in [0.15, 0.2) is 0 Å². The number of benzene rings is 1. The van der Waals surface area contributed by atoms with Crippen LogP contribution in [0.25, 0.3) is 0 Å². The standard InChI is InChI=1S/C13H18ClNO4S/c1-19-10-4-2-3-9-15-13(16)11-5-7-12(8-6-11)20(14,17)18/h5-8H,2-4,9-10H2,1H3,(H,15,16). The Hall–Kier alpha value is -1.11. The molecule has 7 heteroatoms. The SMILES string of the molecule is COCCCCCNC(=O)c1ccc(S(=O)(=O)Cl)cc1. The molecule has 0 radical (unpaired) electrons. The third kappa shape index (κ3) is 5.90. The van der Waals surface area contributed by atoms with Gasteiger partial charge in [0.2, 0.25) is 0 Å². The van der Waals surface area contributed by atoms with Crippen LogP contribution in [0.5, 0.6) is 0 Å². The fourth-order valence-corrected chi connectivity index (χ4v) is 2.39. The minimum atomic E-state index is -3.75. The molecule has 0 spiro atoms. The van der Waals surface area contributed by atoms with Crippen LogP contribution in [0.1, 0.15) is 29.6 Å². The predicted molar refractivity (Wildman–Crippen MR) is 77.5 cm³/mol. The number of rotatable bonds is 8. The molecule has 0 aliphatic rings. The van der Waals surface area contributed by atoms with Gasteiger partial charge in [0.1, 0.15) is 0 Å². The molecule has 0 atom stereocenters. The summed E-state index contributed by atoms with van der Waals surface area (Å²) in [6, 6.07) is 5.51. The summed E-state index contributed by atoms with van der Waals surface area (Å²) >= 11 is 0. The average Bonchev–Trinajstić information content (AvgIpc) is 2.41. The summed E-state index contributed by atoms with van der Waals surface area (Å²) in [6.45, 7) is 1.31. The molecule has 0 heterocycles. The summed E-state index contributed by atoms with van der Waals surface area (Å²) in [6.07, 6.45) is 2.83. The smallest absolute Gasteiger partial charge is 0.261 e. The lowest BCUT2D eigenvalue weighted by atomic mass is 10.2. The van der Waals surface area contributed by atoms with Gasteiger partial charge in [0.05, 0.1) is 4.90 Å². The van der Waals surface area contributed by atoms with Crippen molar-refractivity contribution in [1.29, 1.82) is 0 Å². The third-order valence-corrected chi connectivity index (χ3v) is 4.08. The molecule has 0 aromatic heterocycles. The summed E-state index contributed by atoms with van der Waals surface area (Å²) in [5, 5.41) is 2.77. The predicted octanol–water partition coefficient (Wildman–Crippen LogP) is 2.16. The van der Waals surface area contributed by atoms with Crippen molar-refractivity contribution < 1.29 is 17.9 Å². The van der Waals surface area contributed by atoms with Gasteiger partial charge in [0.25, 0.3) is 15.0 Å². The van der Waals surface area contributed by atoms with Crippen molar-refractivity contribution in [2.24, 2.45) is 0 Å². The first-order chi connectivity index (χ1) is 9.45. The van der Waals surface area contributed by atoms with Crippen molar-refractivity contribution in [2.75, 3.05) is 20.3 Å². The molecule has 0 unspecified atom stereocenters. The zero-order valence-corrected chi connectivity index (χ0v) is 12.8. The minimum absolute atomic E-state index is 0.0183. The molecule has 1 amide bonds. The van der Waals surface area contributed by atoms with Crippen LogP contribution in [0.3, 0.4) is 0 Å². The number of nitrogens with one attached hydrogen (secondary N) is 1. The molecule has 112 valence electrons. The highest BCUT2D eigenvalue weighted by molar-refractivity contribution is 8.13. The first-order valence-electron chi connectivity index (χ1n) is 6.27. The maximum atomic E-state index is 11.8. The second kappa shape index (κ2) is 8.24. The van der Waals surface area contributed by atoms with Gasteiger partial charge >= 0.3 is 0 Å². The van der Waals surface area contributed by atoms with Crippen LogP contribution in [-0.4, -0.2) is 34.6 Å². The van der Waals surface area contributed by atoms with E-state index in [-0.39, 0.29) is 10.8 Å². The van der Waals surface area contributed by atoms with Crippen LogP contribution < -0.4 is 5.32 Å². The van der Waals surface area contributed by atoms with Crippen LogP contribution >= 0.6 is 10.7 Å². The van der Waals surface area contributed by atoms with Gasteiger partial charge in [-0.15, -0.1) is 0 Å². The molecular weight excluding hydrogens is 302 g/mol. The zero-order valence-electron chi connectivity index (χ0n) is 11.3. The highest BCUT2D eigenvalue weighted by Gasteiger charge is 2.11. The van der Waals surface area contributed by atoms with Gasteiger partial charge < -0.3 is 10.1 Å². The Bertz CT molecular complexity index is 528. The second-order valence-electron chi connectivity index (χ2n) is 4.27. The van der Waals surface area contributed by atoms with Gasteiger partial charge in [-0.2, -0.15) is 0 Å². The van der Waals surface area contributed by atoms with E-state index < -0.39 is 9.05 Å². The van der Waals surface area contributed by atoms with E-state index in [9.17, 15) is 13.2 Å². The van der Waals surface area contributed by atoms with Crippen molar-refractivity contribution >= 4 is 25.6 Å². The molecule has 5 nitrogen and oxygen atoms in total. The fourth-order valence-electron chi connectivity index (χ4n) is 1.62. The Kier molecular flexibility index (Phi) is 6.98. The summed E-state index contributed by atoms with van der Waals surface area (Å²) in [4.78, 5) is 11.8. The van der Waals surface area contributed by atoms with Crippen LogP contribution in [0.15, 0.2) is 29.2 Å². The molecule has 1 aromatic rings. The Labute approximate surface area is 123 Å². The Morgan fingerprint density at radius 3 is 2.40 bits per heavy atom. The number of carbonyl (C=O) groups excluding carboxylic acids is 1. The Balaban J connectivity index is 2.40. The van der Waals surface area contributed by atoms with Crippen molar-refractivity contribution in [3.8, 4) is 0 Å². The molecule has 0 saturated heterocycles. The summed E-state index contributed by atoms with van der Waals surface area (Å²) < 4.78 is 27.1. The molecule has 0 aliphatic heterocycles. The Morgan fingerprint density at radius 2 is 1.85 bits per heavy atom. The van der Waals surface area contributed by atoms with E-state index in [0.717, 1.165) is 25.9 Å². The maximum absolute atomic E-state index is 11.8. The van der Waals surface area contributed by atoms with Crippen LogP contribution in [0.2, 0.25) is 0 Å². The average molecular weight is 320 g/mol. The largest absolute Gasteiger partial charge is 0.385 e. The summed E-state index contributed by atoms with van der Waals surface area (Å²) in [7, 11) is 3.11. The summed E-state index contributed by atoms with van der Waals surface area (Å²) in [5.74, 6) is -0.227. The van der Waals surface area contributed by atoms with Crippen LogP contribution in [0, 0.1) is 0 Å². The number of hydrogen-bond donors (Lipinski definition) is 1. The number of amides is 1. The molecule has 1 rings (SSSR count). The number of ether oxygens (including phenoxy) is 1. The fraction of sp³-hybridized carbons (Fsp3) is 0.462.